The summed E-state index contributed by atoms with van der Waals surface area (Å²) >= 11 is 0. The lowest BCUT2D eigenvalue weighted by Crippen LogP contribution is -2.52. The van der Waals surface area contributed by atoms with E-state index in [1.54, 1.807) is 12.1 Å². The molecule has 0 radical (unpaired) electrons. The van der Waals surface area contributed by atoms with E-state index in [-0.39, 0.29) is 23.9 Å². The van der Waals surface area contributed by atoms with Crippen LogP contribution in [0.4, 0.5) is 0 Å². The summed E-state index contributed by atoms with van der Waals surface area (Å²) in [6, 6.07) is 2.60. The van der Waals surface area contributed by atoms with Crippen LogP contribution in [-0.4, -0.2) is 34.0 Å². The van der Waals surface area contributed by atoms with Crippen LogP contribution in [0.2, 0.25) is 0 Å². The van der Waals surface area contributed by atoms with Crippen LogP contribution in [0.15, 0.2) is 12.1 Å². The SMILES string of the molecule is CC(C)c1ccc(C(=O)N[C@H]2CCC(=O)NC2=O)nn1. The highest BCUT2D eigenvalue weighted by atomic mass is 16.2. The fourth-order valence-electron chi connectivity index (χ4n) is 1.84. The van der Waals surface area contributed by atoms with Gasteiger partial charge >= 0.3 is 0 Å². The third kappa shape index (κ3) is 3.17. The average molecular weight is 276 g/mol. The topological polar surface area (TPSA) is 101 Å². The number of rotatable bonds is 3. The van der Waals surface area contributed by atoms with Crippen LogP contribution in [0, 0.1) is 0 Å². The fraction of sp³-hybridized carbons (Fsp3) is 0.462. The predicted molar refractivity (Wildman–Crippen MR) is 69.8 cm³/mol. The second kappa shape index (κ2) is 5.77. The van der Waals surface area contributed by atoms with Crippen LogP contribution in [0.3, 0.4) is 0 Å². The highest BCUT2D eigenvalue weighted by molar-refractivity contribution is 6.03. The Morgan fingerprint density at radius 1 is 1.35 bits per heavy atom. The molecule has 106 valence electrons. The smallest absolute Gasteiger partial charge is 0.272 e. The summed E-state index contributed by atoms with van der Waals surface area (Å²) in [6.07, 6.45) is 0.516. The Labute approximate surface area is 116 Å². The number of amides is 3. The standard InChI is InChI=1S/C13H16N4O3/c1-7(2)8-3-4-10(17-16-8)13(20)14-9-5-6-11(18)15-12(9)19/h3-4,7,9H,5-6H2,1-2H3,(H,14,20)(H,15,18,19)/t9-/m0/s1. The highest BCUT2D eigenvalue weighted by Gasteiger charge is 2.28. The van der Waals surface area contributed by atoms with Crippen molar-refractivity contribution >= 4 is 17.7 Å². The molecule has 1 saturated heterocycles. The number of carbonyl (C=O) groups excluding carboxylic acids is 3. The number of carbonyl (C=O) groups is 3. The molecule has 1 aromatic rings. The first kappa shape index (κ1) is 14.1. The van der Waals surface area contributed by atoms with E-state index in [2.05, 4.69) is 20.8 Å². The van der Waals surface area contributed by atoms with Gasteiger partial charge in [0.2, 0.25) is 11.8 Å². The number of hydrogen-bond donors (Lipinski definition) is 2. The summed E-state index contributed by atoms with van der Waals surface area (Å²) in [5.41, 5.74) is 0.946. The van der Waals surface area contributed by atoms with Crippen molar-refractivity contribution in [2.75, 3.05) is 0 Å². The van der Waals surface area contributed by atoms with E-state index in [9.17, 15) is 14.4 Å². The quantitative estimate of drug-likeness (QED) is 0.764. The zero-order valence-electron chi connectivity index (χ0n) is 11.3. The number of aromatic nitrogens is 2. The van der Waals surface area contributed by atoms with Crippen LogP contribution >= 0.6 is 0 Å². The van der Waals surface area contributed by atoms with Crippen molar-refractivity contribution in [3.63, 3.8) is 0 Å². The molecule has 3 amide bonds. The van der Waals surface area contributed by atoms with Gasteiger partial charge in [-0.3, -0.25) is 19.7 Å². The molecule has 1 aliphatic rings. The van der Waals surface area contributed by atoms with E-state index >= 15 is 0 Å². The molecule has 1 aliphatic heterocycles. The monoisotopic (exact) mass is 276 g/mol. The lowest BCUT2D eigenvalue weighted by Gasteiger charge is -2.21. The van der Waals surface area contributed by atoms with E-state index in [0.29, 0.717) is 6.42 Å². The van der Waals surface area contributed by atoms with Crippen molar-refractivity contribution in [2.24, 2.45) is 0 Å². The summed E-state index contributed by atoms with van der Waals surface area (Å²) in [5, 5.41) is 12.5. The van der Waals surface area contributed by atoms with Crippen LogP contribution in [-0.2, 0) is 9.59 Å². The van der Waals surface area contributed by atoms with Gasteiger partial charge in [-0.05, 0) is 24.5 Å². The summed E-state index contributed by atoms with van der Waals surface area (Å²) in [5.74, 6) is -1.04. The van der Waals surface area contributed by atoms with Gasteiger partial charge in [0.15, 0.2) is 5.69 Å². The van der Waals surface area contributed by atoms with E-state index in [1.165, 1.54) is 0 Å². The molecule has 0 spiro atoms. The minimum atomic E-state index is -0.702. The summed E-state index contributed by atoms with van der Waals surface area (Å²) in [4.78, 5) is 34.5. The molecule has 0 bridgehead atoms. The Kier molecular flexibility index (Phi) is 4.07. The molecule has 0 unspecified atom stereocenters. The normalized spacial score (nSPS) is 18.9. The van der Waals surface area contributed by atoms with Crippen molar-refractivity contribution in [1.82, 2.24) is 20.8 Å². The van der Waals surface area contributed by atoms with Gasteiger partial charge < -0.3 is 5.32 Å². The molecule has 2 N–H and O–H groups in total. The number of imide groups is 1. The van der Waals surface area contributed by atoms with Gasteiger partial charge in [-0.25, -0.2) is 0 Å². The second-order valence-corrected chi connectivity index (χ2v) is 4.98. The first-order valence-electron chi connectivity index (χ1n) is 6.45. The molecule has 1 fully saturated rings. The first-order valence-corrected chi connectivity index (χ1v) is 6.45. The molecule has 7 heteroatoms. The summed E-state index contributed by atoms with van der Waals surface area (Å²) in [6.45, 7) is 3.96. The van der Waals surface area contributed by atoms with Crippen molar-refractivity contribution in [3.8, 4) is 0 Å². The zero-order valence-corrected chi connectivity index (χ0v) is 11.3. The molecule has 0 aliphatic carbocycles. The number of piperidine rings is 1. The molecule has 2 rings (SSSR count). The predicted octanol–water partition coefficient (Wildman–Crippen LogP) is 0.135. The Morgan fingerprint density at radius 2 is 2.10 bits per heavy atom. The molecule has 1 atom stereocenters. The van der Waals surface area contributed by atoms with Crippen molar-refractivity contribution in [3.05, 3.63) is 23.5 Å². The Balaban J connectivity index is 2.01. The molecule has 1 aromatic heterocycles. The minimum Gasteiger partial charge on any atom is -0.339 e. The minimum absolute atomic E-state index is 0.152. The van der Waals surface area contributed by atoms with E-state index in [4.69, 9.17) is 0 Å². The lowest BCUT2D eigenvalue weighted by molar-refractivity contribution is -0.134. The third-order valence-electron chi connectivity index (χ3n) is 3.05. The largest absolute Gasteiger partial charge is 0.339 e. The number of nitrogens with zero attached hydrogens (tertiary/aromatic N) is 2. The zero-order chi connectivity index (χ0) is 14.7. The number of nitrogens with one attached hydrogen (secondary N) is 2. The van der Waals surface area contributed by atoms with Gasteiger partial charge in [0.05, 0.1) is 5.69 Å². The van der Waals surface area contributed by atoms with Gasteiger partial charge in [-0.15, -0.1) is 5.10 Å². The average Bonchev–Trinajstić information content (AvgIpc) is 2.42. The van der Waals surface area contributed by atoms with Gasteiger partial charge in [0, 0.05) is 6.42 Å². The maximum atomic E-state index is 11.9. The molecule has 20 heavy (non-hydrogen) atoms. The maximum absolute atomic E-state index is 11.9. The van der Waals surface area contributed by atoms with Crippen LogP contribution in [0.25, 0.3) is 0 Å². The van der Waals surface area contributed by atoms with Crippen LogP contribution in [0.1, 0.15) is 48.8 Å². The molecule has 2 heterocycles. The third-order valence-corrected chi connectivity index (χ3v) is 3.05. The maximum Gasteiger partial charge on any atom is 0.272 e. The van der Waals surface area contributed by atoms with Crippen molar-refractivity contribution in [2.45, 2.75) is 38.6 Å². The van der Waals surface area contributed by atoms with E-state index in [0.717, 1.165) is 5.69 Å². The Morgan fingerprint density at radius 3 is 2.65 bits per heavy atom. The highest BCUT2D eigenvalue weighted by Crippen LogP contribution is 2.10. The van der Waals surface area contributed by atoms with Crippen molar-refractivity contribution in [1.29, 1.82) is 0 Å². The van der Waals surface area contributed by atoms with E-state index < -0.39 is 17.9 Å². The molecule has 7 nitrogen and oxygen atoms in total. The molecular weight excluding hydrogens is 260 g/mol. The Hall–Kier alpha value is -2.31. The lowest BCUT2D eigenvalue weighted by atomic mass is 10.1. The fourth-order valence-corrected chi connectivity index (χ4v) is 1.84. The van der Waals surface area contributed by atoms with Crippen LogP contribution < -0.4 is 10.6 Å². The van der Waals surface area contributed by atoms with Crippen LogP contribution in [0.5, 0.6) is 0 Å². The van der Waals surface area contributed by atoms with Crippen molar-refractivity contribution < 1.29 is 14.4 Å². The summed E-state index contributed by atoms with van der Waals surface area (Å²) in [7, 11) is 0. The molecule has 0 saturated carbocycles. The van der Waals surface area contributed by atoms with E-state index in [1.807, 2.05) is 13.8 Å². The molecule has 0 aromatic carbocycles. The van der Waals surface area contributed by atoms with Gasteiger partial charge in [0.1, 0.15) is 6.04 Å². The Bertz CT molecular complexity index is 539. The van der Waals surface area contributed by atoms with Gasteiger partial charge in [-0.1, -0.05) is 13.8 Å². The van der Waals surface area contributed by atoms with Gasteiger partial charge in [0.25, 0.3) is 5.91 Å². The summed E-state index contributed by atoms with van der Waals surface area (Å²) < 4.78 is 0. The molecular formula is C13H16N4O3. The number of hydrogen-bond acceptors (Lipinski definition) is 5. The van der Waals surface area contributed by atoms with Gasteiger partial charge in [-0.2, -0.15) is 5.10 Å². The first-order chi connectivity index (χ1) is 9.47. The second-order valence-electron chi connectivity index (χ2n) is 4.98.